The first kappa shape index (κ1) is 15.0. The summed E-state index contributed by atoms with van der Waals surface area (Å²) in [6, 6.07) is 10.0. The van der Waals surface area contributed by atoms with Gasteiger partial charge in [0.1, 0.15) is 0 Å². The second kappa shape index (κ2) is 6.86. The third-order valence-electron chi connectivity index (χ3n) is 4.12. The van der Waals surface area contributed by atoms with Crippen molar-refractivity contribution >= 4 is 5.91 Å². The zero-order valence-electron chi connectivity index (χ0n) is 12.3. The Balaban J connectivity index is 2.22. The molecule has 0 radical (unpaired) electrons. The molecule has 0 aromatic heterocycles. The molecule has 110 valence electrons. The van der Waals surface area contributed by atoms with Crippen LogP contribution in [0.1, 0.15) is 37.9 Å². The van der Waals surface area contributed by atoms with Crippen molar-refractivity contribution in [2.24, 2.45) is 5.73 Å². The number of carbonyl (C=O) groups is 1. The van der Waals surface area contributed by atoms with Crippen LogP contribution in [0.15, 0.2) is 30.3 Å². The number of rotatable bonds is 4. The van der Waals surface area contributed by atoms with Gasteiger partial charge in [-0.3, -0.25) is 4.79 Å². The van der Waals surface area contributed by atoms with E-state index in [9.17, 15) is 4.79 Å². The molecular formula is C16H24N2O2. The van der Waals surface area contributed by atoms with Crippen LogP contribution in [0.25, 0.3) is 0 Å². The fourth-order valence-electron chi connectivity index (χ4n) is 3.06. The van der Waals surface area contributed by atoms with E-state index in [1.54, 1.807) is 7.11 Å². The van der Waals surface area contributed by atoms with Gasteiger partial charge in [-0.1, -0.05) is 30.3 Å². The first-order valence-electron chi connectivity index (χ1n) is 7.29. The minimum absolute atomic E-state index is 0.0290. The number of nitrogens with two attached hydrogens (primary N) is 1. The molecule has 0 aliphatic carbocycles. The summed E-state index contributed by atoms with van der Waals surface area (Å²) in [5.74, 6) is 0.0290. The van der Waals surface area contributed by atoms with Crippen LogP contribution in [-0.4, -0.2) is 36.5 Å². The van der Waals surface area contributed by atoms with Gasteiger partial charge < -0.3 is 15.4 Å². The zero-order chi connectivity index (χ0) is 14.5. The summed E-state index contributed by atoms with van der Waals surface area (Å²) in [4.78, 5) is 14.8. The number of amides is 1. The number of piperidine rings is 1. The van der Waals surface area contributed by atoms with Gasteiger partial charge in [0.25, 0.3) is 5.91 Å². The lowest BCUT2D eigenvalue weighted by molar-refractivity contribution is -0.149. The maximum atomic E-state index is 12.9. The highest BCUT2D eigenvalue weighted by Crippen LogP contribution is 2.28. The number of methoxy groups -OCH3 is 1. The van der Waals surface area contributed by atoms with Crippen molar-refractivity contribution in [3.05, 3.63) is 35.9 Å². The van der Waals surface area contributed by atoms with Crippen molar-refractivity contribution in [1.82, 2.24) is 4.90 Å². The average Bonchev–Trinajstić information content (AvgIpc) is 2.48. The Bertz CT molecular complexity index is 435. The molecule has 0 saturated carbocycles. The zero-order valence-corrected chi connectivity index (χ0v) is 12.3. The van der Waals surface area contributed by atoms with Crippen molar-refractivity contribution in [2.45, 2.75) is 44.4 Å². The molecule has 4 heteroatoms. The van der Waals surface area contributed by atoms with E-state index in [-0.39, 0.29) is 18.0 Å². The predicted octanol–water partition coefficient (Wildman–Crippen LogP) is 2.10. The van der Waals surface area contributed by atoms with Crippen LogP contribution in [0.5, 0.6) is 0 Å². The average molecular weight is 276 g/mol. The molecule has 2 N–H and O–H groups in total. The number of nitrogens with zero attached hydrogens (tertiary/aromatic N) is 1. The van der Waals surface area contributed by atoms with E-state index in [4.69, 9.17) is 10.5 Å². The highest BCUT2D eigenvalue weighted by Gasteiger charge is 2.35. The molecule has 0 bridgehead atoms. The smallest absolute Gasteiger partial charge is 0.256 e. The van der Waals surface area contributed by atoms with Crippen LogP contribution in [0, 0.1) is 0 Å². The Hall–Kier alpha value is -1.39. The fraction of sp³-hybridized carbons (Fsp3) is 0.562. The van der Waals surface area contributed by atoms with Crippen molar-refractivity contribution in [1.29, 1.82) is 0 Å². The second-order valence-corrected chi connectivity index (χ2v) is 5.44. The Morgan fingerprint density at radius 3 is 2.70 bits per heavy atom. The van der Waals surface area contributed by atoms with Crippen molar-refractivity contribution < 1.29 is 9.53 Å². The number of carbonyl (C=O) groups excluding carboxylic acids is 1. The van der Waals surface area contributed by atoms with Gasteiger partial charge in [0.15, 0.2) is 6.10 Å². The van der Waals surface area contributed by atoms with Gasteiger partial charge in [0.2, 0.25) is 0 Å². The lowest BCUT2D eigenvalue weighted by Crippen LogP contribution is -2.53. The van der Waals surface area contributed by atoms with Gasteiger partial charge in [-0.05, 0) is 31.7 Å². The first-order chi connectivity index (χ1) is 9.69. The second-order valence-electron chi connectivity index (χ2n) is 5.44. The summed E-state index contributed by atoms with van der Waals surface area (Å²) in [6.07, 6.45) is 2.62. The van der Waals surface area contributed by atoms with Gasteiger partial charge in [-0.25, -0.2) is 0 Å². The van der Waals surface area contributed by atoms with Gasteiger partial charge in [0.05, 0.1) is 0 Å². The van der Waals surface area contributed by atoms with E-state index in [0.29, 0.717) is 6.54 Å². The maximum absolute atomic E-state index is 12.9. The molecule has 20 heavy (non-hydrogen) atoms. The molecule has 2 rings (SSSR count). The van der Waals surface area contributed by atoms with E-state index in [1.807, 2.05) is 35.2 Å². The van der Waals surface area contributed by atoms with Crippen LogP contribution in [-0.2, 0) is 9.53 Å². The summed E-state index contributed by atoms with van der Waals surface area (Å²) >= 11 is 0. The van der Waals surface area contributed by atoms with Crippen LogP contribution >= 0.6 is 0 Å². The first-order valence-corrected chi connectivity index (χ1v) is 7.29. The third-order valence-corrected chi connectivity index (χ3v) is 4.12. The van der Waals surface area contributed by atoms with E-state index < -0.39 is 6.10 Å². The van der Waals surface area contributed by atoms with Crippen molar-refractivity contribution in [3.63, 3.8) is 0 Å². The van der Waals surface area contributed by atoms with Crippen LogP contribution in [0.2, 0.25) is 0 Å². The maximum Gasteiger partial charge on any atom is 0.256 e. The Labute approximate surface area is 120 Å². The minimum Gasteiger partial charge on any atom is -0.367 e. The van der Waals surface area contributed by atoms with E-state index in [1.165, 1.54) is 0 Å². The summed E-state index contributed by atoms with van der Waals surface area (Å²) in [5.41, 5.74) is 6.74. The van der Waals surface area contributed by atoms with E-state index >= 15 is 0 Å². The third kappa shape index (κ3) is 3.02. The van der Waals surface area contributed by atoms with E-state index in [2.05, 4.69) is 6.92 Å². The normalized spacial score (nSPS) is 24.4. The van der Waals surface area contributed by atoms with Gasteiger partial charge in [-0.15, -0.1) is 0 Å². The molecule has 1 aliphatic rings. The van der Waals surface area contributed by atoms with Gasteiger partial charge in [0, 0.05) is 25.7 Å². The largest absolute Gasteiger partial charge is 0.367 e. The molecule has 1 saturated heterocycles. The topological polar surface area (TPSA) is 55.6 Å². The highest BCUT2D eigenvalue weighted by molar-refractivity contribution is 5.83. The molecule has 1 fully saturated rings. The lowest BCUT2D eigenvalue weighted by Gasteiger charge is -2.41. The minimum atomic E-state index is -0.536. The predicted molar refractivity (Wildman–Crippen MR) is 79.2 cm³/mol. The number of hydrogen-bond acceptors (Lipinski definition) is 3. The summed E-state index contributed by atoms with van der Waals surface area (Å²) in [5, 5.41) is 0. The van der Waals surface area contributed by atoms with Gasteiger partial charge in [-0.2, -0.15) is 0 Å². The Morgan fingerprint density at radius 2 is 2.10 bits per heavy atom. The Morgan fingerprint density at radius 1 is 1.40 bits per heavy atom. The van der Waals surface area contributed by atoms with Crippen molar-refractivity contribution in [3.8, 4) is 0 Å². The quantitative estimate of drug-likeness (QED) is 0.916. The number of benzene rings is 1. The summed E-state index contributed by atoms with van der Waals surface area (Å²) in [6.45, 7) is 2.61. The number of hydrogen-bond donors (Lipinski definition) is 1. The molecule has 4 nitrogen and oxygen atoms in total. The summed E-state index contributed by atoms with van der Waals surface area (Å²) in [7, 11) is 1.58. The molecule has 1 aromatic rings. The van der Waals surface area contributed by atoms with Crippen molar-refractivity contribution in [2.75, 3.05) is 13.7 Å². The van der Waals surface area contributed by atoms with Crippen LogP contribution in [0.4, 0.5) is 0 Å². The molecule has 3 atom stereocenters. The highest BCUT2D eigenvalue weighted by atomic mass is 16.5. The standard InChI is InChI=1S/C16H24N2O2/c1-12-7-6-10-14(11-17)18(12)16(19)15(20-2)13-8-4-3-5-9-13/h3-5,8-9,12,14-15H,6-7,10-11,17H2,1-2H3. The SMILES string of the molecule is COC(C(=O)N1C(C)CCCC1CN)c1ccccc1. The number of likely N-dealkylation sites (tertiary alicyclic amines) is 1. The summed E-state index contributed by atoms with van der Waals surface area (Å²) < 4.78 is 5.46. The molecule has 1 heterocycles. The molecule has 3 unspecified atom stereocenters. The Kier molecular flexibility index (Phi) is 5.15. The molecule has 0 spiro atoms. The van der Waals surface area contributed by atoms with Crippen LogP contribution in [0.3, 0.4) is 0 Å². The molecule has 1 aromatic carbocycles. The molecular weight excluding hydrogens is 252 g/mol. The molecule has 1 aliphatic heterocycles. The molecule has 1 amide bonds. The number of ether oxygens (including phenoxy) is 1. The van der Waals surface area contributed by atoms with Gasteiger partial charge >= 0.3 is 0 Å². The lowest BCUT2D eigenvalue weighted by atomic mass is 9.94. The fourth-order valence-corrected chi connectivity index (χ4v) is 3.06. The van der Waals surface area contributed by atoms with Crippen LogP contribution < -0.4 is 5.73 Å². The van der Waals surface area contributed by atoms with E-state index in [0.717, 1.165) is 24.8 Å². The monoisotopic (exact) mass is 276 g/mol.